The van der Waals surface area contributed by atoms with Gasteiger partial charge in [0.2, 0.25) is 5.91 Å². The van der Waals surface area contributed by atoms with Gasteiger partial charge in [-0.15, -0.1) is 0 Å². The van der Waals surface area contributed by atoms with E-state index in [9.17, 15) is 4.79 Å². The van der Waals surface area contributed by atoms with E-state index in [0.717, 1.165) is 28.9 Å². The molecule has 2 aromatic carbocycles. The lowest BCUT2D eigenvalue weighted by Crippen LogP contribution is -2.16. The first-order valence-corrected chi connectivity index (χ1v) is 10.1. The highest BCUT2D eigenvalue weighted by Crippen LogP contribution is 2.48. The second kappa shape index (κ2) is 7.05. The molecule has 1 fully saturated rings. The molecule has 144 valence electrons. The van der Waals surface area contributed by atoms with Crippen LogP contribution < -0.4 is 5.32 Å². The number of aryl methyl sites for hydroxylation is 1. The van der Waals surface area contributed by atoms with Crippen molar-refractivity contribution in [3.05, 3.63) is 89.1 Å². The van der Waals surface area contributed by atoms with Crippen molar-refractivity contribution in [1.29, 1.82) is 0 Å². The molecule has 4 nitrogen and oxygen atoms in total. The van der Waals surface area contributed by atoms with Gasteiger partial charge in [0.25, 0.3) is 0 Å². The first kappa shape index (κ1) is 18.0. The summed E-state index contributed by atoms with van der Waals surface area (Å²) in [6, 6.07) is 21.8. The molecule has 29 heavy (non-hydrogen) atoms. The maximum Gasteiger partial charge on any atom is 0.229 e. The van der Waals surface area contributed by atoms with Gasteiger partial charge in [-0.2, -0.15) is 0 Å². The van der Waals surface area contributed by atoms with Gasteiger partial charge in [0.05, 0.1) is 0 Å². The zero-order chi connectivity index (χ0) is 20.0. The summed E-state index contributed by atoms with van der Waals surface area (Å²) in [5, 5.41) is 3.80. The molecule has 1 saturated carbocycles. The predicted molar refractivity (Wildman–Crippen MR) is 116 cm³/mol. The van der Waals surface area contributed by atoms with E-state index in [1.807, 2.05) is 72.1 Å². The van der Waals surface area contributed by atoms with Crippen molar-refractivity contribution in [2.45, 2.75) is 19.3 Å². The van der Waals surface area contributed by atoms with Crippen LogP contribution in [0.4, 0.5) is 5.82 Å². The Kier molecular flexibility index (Phi) is 4.36. The Bertz CT molecular complexity index is 1220. The van der Waals surface area contributed by atoms with E-state index in [0.29, 0.717) is 10.8 Å². The molecule has 0 aliphatic heterocycles. The standard InChI is InChI=1S/C24H20ClN3O/c1-15-10-11-21-26-22(17-8-5-9-18(25)12-17)23(28(21)14-15)27-24(29)20-13-19(20)16-6-3-2-4-7-16/h2-12,14,19-20H,13H2,1H3,(H,27,29)/t19-,20+/m0/s1. The third-order valence-corrected chi connectivity index (χ3v) is 5.70. The minimum atomic E-state index is -0.0139. The van der Waals surface area contributed by atoms with Crippen molar-refractivity contribution >= 4 is 29.0 Å². The molecular formula is C24H20ClN3O. The summed E-state index contributed by atoms with van der Waals surface area (Å²) >= 11 is 6.20. The molecule has 2 heterocycles. The molecule has 0 spiro atoms. The van der Waals surface area contributed by atoms with Crippen molar-refractivity contribution in [1.82, 2.24) is 9.38 Å². The summed E-state index contributed by atoms with van der Waals surface area (Å²) in [7, 11) is 0. The fourth-order valence-electron chi connectivity index (χ4n) is 3.87. The predicted octanol–water partition coefficient (Wildman–Crippen LogP) is 5.71. The van der Waals surface area contributed by atoms with Gasteiger partial charge in [0.1, 0.15) is 17.2 Å². The van der Waals surface area contributed by atoms with E-state index in [2.05, 4.69) is 17.4 Å². The number of carbonyl (C=O) groups is 1. The third kappa shape index (κ3) is 3.40. The van der Waals surface area contributed by atoms with Crippen molar-refractivity contribution in [2.24, 2.45) is 5.92 Å². The Morgan fingerprint density at radius 2 is 1.93 bits per heavy atom. The summed E-state index contributed by atoms with van der Waals surface area (Å²) in [6.07, 6.45) is 2.87. The average Bonchev–Trinajstić information content (AvgIpc) is 3.46. The molecule has 0 unspecified atom stereocenters. The molecule has 0 bridgehead atoms. The van der Waals surface area contributed by atoms with Gasteiger partial charge < -0.3 is 5.32 Å². The number of fused-ring (bicyclic) bond motifs is 1. The lowest BCUT2D eigenvalue weighted by Gasteiger charge is -2.09. The minimum Gasteiger partial charge on any atom is -0.310 e. The normalized spacial score (nSPS) is 18.0. The summed E-state index contributed by atoms with van der Waals surface area (Å²) in [4.78, 5) is 17.8. The van der Waals surface area contributed by atoms with Crippen LogP contribution in [0.5, 0.6) is 0 Å². The number of nitrogens with zero attached hydrogens (tertiary/aromatic N) is 2. The van der Waals surface area contributed by atoms with Gasteiger partial charge in [-0.1, -0.05) is 60.1 Å². The molecule has 5 rings (SSSR count). The van der Waals surface area contributed by atoms with Gasteiger partial charge in [-0.05, 0) is 48.6 Å². The van der Waals surface area contributed by atoms with Crippen LogP contribution in [0.15, 0.2) is 72.9 Å². The number of halogens is 1. The summed E-state index contributed by atoms with van der Waals surface area (Å²) in [6.45, 7) is 2.02. The molecular weight excluding hydrogens is 382 g/mol. The van der Waals surface area contributed by atoms with Gasteiger partial charge in [-0.25, -0.2) is 4.98 Å². The highest BCUT2D eigenvalue weighted by Gasteiger charge is 2.44. The first-order chi connectivity index (χ1) is 14.1. The Balaban J connectivity index is 1.51. The number of anilines is 1. The molecule has 1 amide bonds. The Morgan fingerprint density at radius 1 is 1.10 bits per heavy atom. The fraction of sp³-hybridized carbons (Fsp3) is 0.167. The number of rotatable bonds is 4. The van der Waals surface area contributed by atoms with E-state index < -0.39 is 0 Å². The maximum atomic E-state index is 13.1. The van der Waals surface area contributed by atoms with Gasteiger partial charge >= 0.3 is 0 Å². The number of aromatic nitrogens is 2. The summed E-state index contributed by atoms with van der Waals surface area (Å²) in [5.41, 5.74) is 4.71. The van der Waals surface area contributed by atoms with Crippen molar-refractivity contribution in [2.75, 3.05) is 5.32 Å². The second-order valence-corrected chi connectivity index (χ2v) is 8.04. The van der Waals surface area contributed by atoms with Crippen molar-refractivity contribution in [3.8, 4) is 11.3 Å². The number of hydrogen-bond donors (Lipinski definition) is 1. The number of pyridine rings is 1. The number of nitrogens with one attached hydrogen (secondary N) is 1. The van der Waals surface area contributed by atoms with Gasteiger partial charge in [-0.3, -0.25) is 9.20 Å². The summed E-state index contributed by atoms with van der Waals surface area (Å²) < 4.78 is 1.95. The Morgan fingerprint density at radius 3 is 2.72 bits per heavy atom. The first-order valence-electron chi connectivity index (χ1n) is 9.70. The SMILES string of the molecule is Cc1ccc2nc(-c3cccc(Cl)c3)c(NC(=O)[C@@H]3C[C@H]3c3ccccc3)n2c1. The van der Waals surface area contributed by atoms with Crippen molar-refractivity contribution in [3.63, 3.8) is 0 Å². The molecule has 0 radical (unpaired) electrons. The highest BCUT2D eigenvalue weighted by molar-refractivity contribution is 6.30. The molecule has 2 atom stereocenters. The van der Waals surface area contributed by atoms with Gasteiger partial charge in [0, 0.05) is 22.7 Å². The Labute approximate surface area is 174 Å². The van der Waals surface area contributed by atoms with Crippen LogP contribution in [0.1, 0.15) is 23.5 Å². The molecule has 1 aliphatic rings. The molecule has 1 aliphatic carbocycles. The van der Waals surface area contributed by atoms with Crippen molar-refractivity contribution < 1.29 is 4.79 Å². The van der Waals surface area contributed by atoms with Crippen LogP contribution >= 0.6 is 11.6 Å². The number of amides is 1. The number of hydrogen-bond acceptors (Lipinski definition) is 2. The molecule has 5 heteroatoms. The monoisotopic (exact) mass is 401 g/mol. The third-order valence-electron chi connectivity index (χ3n) is 5.46. The van der Waals surface area contributed by atoms with E-state index >= 15 is 0 Å². The van der Waals surface area contributed by atoms with Crippen LogP contribution in [-0.4, -0.2) is 15.3 Å². The zero-order valence-electron chi connectivity index (χ0n) is 16.0. The lowest BCUT2D eigenvalue weighted by molar-refractivity contribution is -0.117. The van der Waals surface area contributed by atoms with Crippen LogP contribution in [0.2, 0.25) is 5.02 Å². The van der Waals surface area contributed by atoms with E-state index in [-0.39, 0.29) is 17.7 Å². The maximum absolute atomic E-state index is 13.1. The van der Waals surface area contributed by atoms with Gasteiger partial charge in [0.15, 0.2) is 0 Å². The minimum absolute atomic E-state index is 0.0139. The molecule has 4 aromatic rings. The van der Waals surface area contributed by atoms with E-state index in [1.54, 1.807) is 0 Å². The number of benzene rings is 2. The van der Waals surface area contributed by atoms with Crippen LogP contribution in [0.25, 0.3) is 16.9 Å². The van der Waals surface area contributed by atoms with E-state index in [1.165, 1.54) is 5.56 Å². The highest BCUT2D eigenvalue weighted by atomic mass is 35.5. The lowest BCUT2D eigenvalue weighted by atomic mass is 10.1. The second-order valence-electron chi connectivity index (χ2n) is 7.60. The number of imidazole rings is 1. The van der Waals surface area contributed by atoms with Crippen LogP contribution in [0, 0.1) is 12.8 Å². The largest absolute Gasteiger partial charge is 0.310 e. The quantitative estimate of drug-likeness (QED) is 0.476. The molecule has 2 aromatic heterocycles. The fourth-order valence-corrected chi connectivity index (χ4v) is 4.06. The average molecular weight is 402 g/mol. The van der Waals surface area contributed by atoms with Crippen LogP contribution in [0.3, 0.4) is 0 Å². The van der Waals surface area contributed by atoms with E-state index in [4.69, 9.17) is 16.6 Å². The van der Waals surface area contributed by atoms with Crippen LogP contribution in [-0.2, 0) is 4.79 Å². The Hall–Kier alpha value is -3.11. The molecule has 0 saturated heterocycles. The summed E-state index contributed by atoms with van der Waals surface area (Å²) in [5.74, 6) is 0.992. The number of carbonyl (C=O) groups excluding carboxylic acids is 1. The topological polar surface area (TPSA) is 46.4 Å². The smallest absolute Gasteiger partial charge is 0.229 e. The zero-order valence-corrected chi connectivity index (χ0v) is 16.7. The molecule has 1 N–H and O–H groups in total.